The number of benzene rings is 2. The van der Waals surface area contributed by atoms with Crippen LogP contribution in [0.25, 0.3) is 15.3 Å². The van der Waals surface area contributed by atoms with Gasteiger partial charge in [-0.05, 0) is 39.0 Å². The summed E-state index contributed by atoms with van der Waals surface area (Å²) >= 11 is 3.15. The number of hydrogen-bond acceptors (Lipinski definition) is 6. The van der Waals surface area contributed by atoms with Gasteiger partial charge < -0.3 is 10.1 Å². The van der Waals surface area contributed by atoms with E-state index in [4.69, 9.17) is 14.8 Å². The van der Waals surface area contributed by atoms with Gasteiger partial charge >= 0.3 is 0 Å². The molecule has 31 heavy (non-hydrogen) atoms. The van der Waals surface area contributed by atoms with Gasteiger partial charge in [0.25, 0.3) is 0 Å². The lowest BCUT2D eigenvalue weighted by atomic mass is 10.0. The number of nitrogens with one attached hydrogen (secondary N) is 1. The van der Waals surface area contributed by atoms with Gasteiger partial charge in [-0.15, -0.1) is 11.8 Å². The highest BCUT2D eigenvalue weighted by molar-refractivity contribution is 8.00. The molecule has 3 heterocycles. The number of rotatable bonds is 4. The molecule has 0 saturated carbocycles. The second-order valence-electron chi connectivity index (χ2n) is 7.67. The Hall–Kier alpha value is -2.84. The van der Waals surface area contributed by atoms with Crippen molar-refractivity contribution < 1.29 is 9.53 Å². The average molecular weight is 451 g/mol. The van der Waals surface area contributed by atoms with Crippen molar-refractivity contribution >= 4 is 45.0 Å². The third kappa shape index (κ3) is 3.70. The predicted molar refractivity (Wildman–Crippen MR) is 127 cm³/mol. The maximum atomic E-state index is 12.6. The van der Waals surface area contributed by atoms with E-state index < -0.39 is 0 Å². The van der Waals surface area contributed by atoms with Crippen molar-refractivity contribution in [3.8, 4) is 10.9 Å². The zero-order chi connectivity index (χ0) is 21.5. The fourth-order valence-corrected chi connectivity index (χ4v) is 5.91. The Morgan fingerprint density at radius 2 is 1.94 bits per heavy atom. The van der Waals surface area contributed by atoms with E-state index in [-0.39, 0.29) is 17.3 Å². The molecule has 1 N–H and O–H groups in total. The zero-order valence-electron chi connectivity index (χ0n) is 17.5. The fraction of sp³-hybridized carbons (Fsp3) is 0.261. The van der Waals surface area contributed by atoms with Gasteiger partial charge in [-0.2, -0.15) is 9.78 Å². The van der Waals surface area contributed by atoms with Gasteiger partial charge in [-0.25, -0.2) is 4.98 Å². The van der Waals surface area contributed by atoms with E-state index in [0.717, 1.165) is 37.9 Å². The Morgan fingerprint density at radius 3 is 2.74 bits per heavy atom. The molecule has 4 aromatic rings. The highest BCUT2D eigenvalue weighted by Crippen LogP contribution is 2.47. The average Bonchev–Trinajstić information content (AvgIpc) is 3.25. The summed E-state index contributed by atoms with van der Waals surface area (Å²) in [5.74, 6) is 1.84. The van der Waals surface area contributed by atoms with Crippen molar-refractivity contribution in [2.24, 2.45) is 0 Å². The molecule has 158 valence electrons. The molecule has 5 rings (SSSR count). The second-order valence-corrected chi connectivity index (χ2v) is 9.77. The minimum atomic E-state index is -0.0768. The fourth-order valence-electron chi connectivity index (χ4n) is 3.78. The SMILES string of the molecule is Cc1nn(-c2nc3ccccc3s2)c2c1[C@@H](c1ccccc1OC(C)C)SCC(=O)N2. The number of anilines is 1. The Labute approximate surface area is 188 Å². The minimum Gasteiger partial charge on any atom is -0.491 e. The van der Waals surface area contributed by atoms with Crippen LogP contribution in [0.2, 0.25) is 0 Å². The lowest BCUT2D eigenvalue weighted by Crippen LogP contribution is -2.15. The smallest absolute Gasteiger partial charge is 0.235 e. The highest BCUT2D eigenvalue weighted by Gasteiger charge is 2.32. The molecule has 0 bridgehead atoms. The Morgan fingerprint density at radius 1 is 1.16 bits per heavy atom. The summed E-state index contributed by atoms with van der Waals surface area (Å²) < 4.78 is 8.96. The van der Waals surface area contributed by atoms with Gasteiger partial charge in [0.2, 0.25) is 11.0 Å². The Bertz CT molecular complexity index is 1240. The summed E-state index contributed by atoms with van der Waals surface area (Å²) in [7, 11) is 0. The number of para-hydroxylation sites is 2. The number of ether oxygens (including phenoxy) is 1. The summed E-state index contributed by atoms with van der Waals surface area (Å²) in [5.41, 5.74) is 3.83. The summed E-state index contributed by atoms with van der Waals surface area (Å²) in [6.45, 7) is 6.02. The van der Waals surface area contributed by atoms with Crippen LogP contribution < -0.4 is 10.1 Å². The van der Waals surface area contributed by atoms with Gasteiger partial charge in [-0.3, -0.25) is 4.79 Å². The maximum absolute atomic E-state index is 12.6. The number of thioether (sulfide) groups is 1. The molecule has 2 aromatic heterocycles. The summed E-state index contributed by atoms with van der Waals surface area (Å²) in [5, 5.41) is 8.54. The maximum Gasteiger partial charge on any atom is 0.235 e. The molecule has 1 amide bonds. The molecular formula is C23H22N4O2S2. The molecule has 1 aliphatic heterocycles. The van der Waals surface area contributed by atoms with Gasteiger partial charge in [0.05, 0.1) is 33.0 Å². The summed E-state index contributed by atoms with van der Waals surface area (Å²) in [6.07, 6.45) is 0.0581. The quantitative estimate of drug-likeness (QED) is 0.454. The molecule has 0 saturated heterocycles. The van der Waals surface area contributed by atoms with E-state index in [1.165, 1.54) is 0 Å². The molecular weight excluding hydrogens is 428 g/mol. The Balaban J connectivity index is 1.67. The Kier molecular flexibility index (Phi) is 5.19. The van der Waals surface area contributed by atoms with Crippen LogP contribution in [0.3, 0.4) is 0 Å². The van der Waals surface area contributed by atoms with Crippen LogP contribution in [0, 0.1) is 6.92 Å². The first-order valence-electron chi connectivity index (χ1n) is 10.1. The van der Waals surface area contributed by atoms with Gasteiger partial charge in [0.1, 0.15) is 11.6 Å². The van der Waals surface area contributed by atoms with E-state index in [1.54, 1.807) is 27.8 Å². The van der Waals surface area contributed by atoms with Crippen LogP contribution in [-0.2, 0) is 4.79 Å². The van der Waals surface area contributed by atoms with Gasteiger partial charge in [0.15, 0.2) is 0 Å². The largest absolute Gasteiger partial charge is 0.491 e. The van der Waals surface area contributed by atoms with E-state index in [2.05, 4.69) is 11.4 Å². The van der Waals surface area contributed by atoms with Crippen LogP contribution in [0.4, 0.5) is 5.82 Å². The van der Waals surface area contributed by atoms with Crippen LogP contribution in [0.5, 0.6) is 5.75 Å². The second kappa shape index (κ2) is 8.01. The lowest BCUT2D eigenvalue weighted by Gasteiger charge is -2.20. The number of fused-ring (bicyclic) bond motifs is 2. The number of thiazole rings is 1. The van der Waals surface area contributed by atoms with Crippen LogP contribution in [0.15, 0.2) is 48.5 Å². The summed E-state index contributed by atoms with van der Waals surface area (Å²) in [4.78, 5) is 17.4. The molecule has 6 nitrogen and oxygen atoms in total. The van der Waals surface area contributed by atoms with Crippen LogP contribution >= 0.6 is 23.1 Å². The molecule has 1 aliphatic rings. The topological polar surface area (TPSA) is 69.0 Å². The summed E-state index contributed by atoms with van der Waals surface area (Å²) in [6, 6.07) is 16.1. The van der Waals surface area contributed by atoms with Crippen molar-refractivity contribution in [3.05, 3.63) is 65.4 Å². The standard InChI is InChI=1S/C23H22N4O2S2/c1-13(2)29-17-10-6-4-8-15(17)21-20-14(3)26-27(22(20)25-19(28)12-30-21)23-24-16-9-5-7-11-18(16)31-23/h4-11,13,21H,12H2,1-3H3,(H,25,28)/t21-/m1/s1. The minimum absolute atomic E-state index is 0.0433. The lowest BCUT2D eigenvalue weighted by molar-refractivity contribution is -0.113. The van der Waals surface area contributed by atoms with Crippen molar-refractivity contribution in [1.29, 1.82) is 0 Å². The normalized spacial score (nSPS) is 16.3. The number of aromatic nitrogens is 3. The number of hydrogen-bond donors (Lipinski definition) is 1. The number of carbonyl (C=O) groups is 1. The van der Waals surface area contributed by atoms with Crippen molar-refractivity contribution in [3.63, 3.8) is 0 Å². The van der Waals surface area contributed by atoms with Crippen molar-refractivity contribution in [2.75, 3.05) is 11.1 Å². The van der Waals surface area contributed by atoms with E-state index >= 15 is 0 Å². The number of nitrogens with zero attached hydrogens (tertiary/aromatic N) is 3. The molecule has 0 unspecified atom stereocenters. The highest BCUT2D eigenvalue weighted by atomic mass is 32.2. The zero-order valence-corrected chi connectivity index (χ0v) is 19.1. The number of amides is 1. The first-order chi connectivity index (χ1) is 15.0. The van der Waals surface area contributed by atoms with Crippen LogP contribution in [-0.4, -0.2) is 32.5 Å². The predicted octanol–water partition coefficient (Wildman–Crippen LogP) is 5.35. The van der Waals surface area contributed by atoms with E-state index in [1.807, 2.05) is 63.2 Å². The third-order valence-electron chi connectivity index (χ3n) is 5.04. The number of carbonyl (C=O) groups excluding carboxylic acids is 1. The number of aryl methyl sites for hydroxylation is 1. The molecule has 0 radical (unpaired) electrons. The third-order valence-corrected chi connectivity index (χ3v) is 7.30. The molecule has 0 fully saturated rings. The van der Waals surface area contributed by atoms with Crippen molar-refractivity contribution in [2.45, 2.75) is 32.1 Å². The molecule has 1 atom stereocenters. The van der Waals surface area contributed by atoms with Crippen LogP contribution in [0.1, 0.15) is 35.9 Å². The molecule has 0 aliphatic carbocycles. The monoisotopic (exact) mass is 450 g/mol. The molecule has 2 aromatic carbocycles. The molecule has 0 spiro atoms. The first kappa shape index (κ1) is 20.1. The molecule has 8 heteroatoms. The van der Waals surface area contributed by atoms with E-state index in [9.17, 15) is 4.79 Å². The van der Waals surface area contributed by atoms with E-state index in [0.29, 0.717) is 11.6 Å². The van der Waals surface area contributed by atoms with Gasteiger partial charge in [0, 0.05) is 11.1 Å². The van der Waals surface area contributed by atoms with Crippen molar-refractivity contribution in [1.82, 2.24) is 14.8 Å². The van der Waals surface area contributed by atoms with Gasteiger partial charge in [-0.1, -0.05) is 41.7 Å². The first-order valence-corrected chi connectivity index (χ1v) is 12.0.